The summed E-state index contributed by atoms with van der Waals surface area (Å²) in [6, 6.07) is 0. The van der Waals surface area contributed by atoms with E-state index >= 15 is 0 Å². The maximum Gasteiger partial charge on any atom is 0.201 e. The van der Waals surface area contributed by atoms with Crippen LogP contribution in [-0.4, -0.2) is 9.55 Å². The highest BCUT2D eigenvalue weighted by Gasteiger charge is 2.16. The number of nitrogen functional groups attached to an aromatic ring is 1. The fourth-order valence-electron chi connectivity index (χ4n) is 1.53. The fraction of sp³-hybridized carbons (Fsp3) is 0.571. The maximum absolute atomic E-state index is 5.85. The largest absolute Gasteiger partial charge is 0.369 e. The molecule has 0 bridgehead atoms. The van der Waals surface area contributed by atoms with Crippen LogP contribution in [0.4, 0.5) is 5.95 Å². The molecule has 60 valence electrons. The lowest BCUT2D eigenvalue weighted by atomic mass is 10.1. The Morgan fingerprint density at radius 3 is 3.00 bits per heavy atom. The highest BCUT2D eigenvalue weighted by Crippen LogP contribution is 2.24. The van der Waals surface area contributed by atoms with Crippen molar-refractivity contribution in [3.63, 3.8) is 0 Å². The third kappa shape index (κ3) is 0.997. The van der Waals surface area contributed by atoms with E-state index in [0.29, 0.717) is 11.1 Å². The number of nitrogens with two attached hydrogens (primary N) is 1. The number of rotatable bonds is 0. The Balaban J connectivity index is 2.52. The molecule has 2 N–H and O–H groups in total. The van der Waals surface area contributed by atoms with E-state index < -0.39 is 0 Å². The standard InChI is InChI=1S/C7H10ClN3/c8-6-5-3-1-2-4-11(5)7(9)10-6/h1-4H2,(H2,9,10). The number of imidazole rings is 1. The predicted molar refractivity (Wildman–Crippen MR) is 44.6 cm³/mol. The van der Waals surface area contributed by atoms with Gasteiger partial charge >= 0.3 is 0 Å². The molecular weight excluding hydrogens is 162 g/mol. The molecule has 4 heteroatoms. The van der Waals surface area contributed by atoms with E-state index in [9.17, 15) is 0 Å². The van der Waals surface area contributed by atoms with Crippen molar-refractivity contribution in [1.82, 2.24) is 9.55 Å². The van der Waals surface area contributed by atoms with Crippen molar-refractivity contribution in [2.24, 2.45) is 0 Å². The maximum atomic E-state index is 5.85. The Hall–Kier alpha value is -0.700. The Morgan fingerprint density at radius 2 is 2.27 bits per heavy atom. The molecule has 1 aromatic heterocycles. The SMILES string of the molecule is Nc1nc(Cl)c2n1CCCC2. The van der Waals surface area contributed by atoms with Crippen LogP contribution in [0.3, 0.4) is 0 Å². The lowest BCUT2D eigenvalue weighted by Crippen LogP contribution is -2.12. The van der Waals surface area contributed by atoms with Gasteiger partial charge in [-0.2, -0.15) is 0 Å². The summed E-state index contributed by atoms with van der Waals surface area (Å²) in [4.78, 5) is 4.00. The summed E-state index contributed by atoms with van der Waals surface area (Å²) in [5, 5.41) is 0.585. The molecule has 0 unspecified atom stereocenters. The zero-order valence-corrected chi connectivity index (χ0v) is 6.93. The minimum atomic E-state index is 0.560. The van der Waals surface area contributed by atoms with Gasteiger partial charge in [0.05, 0.1) is 5.69 Å². The molecule has 0 fully saturated rings. The van der Waals surface area contributed by atoms with Gasteiger partial charge in [-0.25, -0.2) is 4.98 Å². The Labute approximate surface area is 70.2 Å². The van der Waals surface area contributed by atoms with Crippen molar-refractivity contribution in [3.8, 4) is 0 Å². The van der Waals surface area contributed by atoms with Gasteiger partial charge in [0.1, 0.15) is 0 Å². The molecule has 1 aromatic rings. The van der Waals surface area contributed by atoms with Crippen molar-refractivity contribution in [2.75, 3.05) is 5.73 Å². The normalized spacial score (nSPS) is 16.5. The van der Waals surface area contributed by atoms with E-state index in [-0.39, 0.29) is 0 Å². The minimum absolute atomic E-state index is 0.560. The van der Waals surface area contributed by atoms with Crippen LogP contribution in [0.25, 0.3) is 0 Å². The fourth-order valence-corrected chi connectivity index (χ4v) is 1.81. The number of hydrogen-bond donors (Lipinski definition) is 1. The van der Waals surface area contributed by atoms with Gasteiger partial charge in [0.25, 0.3) is 0 Å². The molecule has 0 saturated heterocycles. The molecule has 2 rings (SSSR count). The zero-order chi connectivity index (χ0) is 7.84. The summed E-state index contributed by atoms with van der Waals surface area (Å²) in [7, 11) is 0. The Kier molecular flexibility index (Phi) is 1.53. The molecule has 0 spiro atoms. The first-order valence-electron chi connectivity index (χ1n) is 3.79. The third-order valence-corrected chi connectivity index (χ3v) is 2.40. The zero-order valence-electron chi connectivity index (χ0n) is 6.18. The number of fused-ring (bicyclic) bond motifs is 1. The molecule has 2 heterocycles. The van der Waals surface area contributed by atoms with Crippen LogP contribution in [0.5, 0.6) is 0 Å². The molecule has 0 saturated carbocycles. The van der Waals surface area contributed by atoms with E-state index in [4.69, 9.17) is 17.3 Å². The van der Waals surface area contributed by atoms with Gasteiger partial charge in [-0.05, 0) is 19.3 Å². The summed E-state index contributed by atoms with van der Waals surface area (Å²) >= 11 is 5.85. The number of halogens is 1. The van der Waals surface area contributed by atoms with Crippen LogP contribution in [-0.2, 0) is 13.0 Å². The van der Waals surface area contributed by atoms with Gasteiger partial charge in [0.2, 0.25) is 5.95 Å². The monoisotopic (exact) mass is 171 g/mol. The summed E-state index contributed by atoms with van der Waals surface area (Å²) in [6.07, 6.45) is 3.40. The summed E-state index contributed by atoms with van der Waals surface area (Å²) in [6.45, 7) is 0.973. The van der Waals surface area contributed by atoms with Crippen molar-refractivity contribution >= 4 is 17.5 Å². The molecule has 0 amide bonds. The highest BCUT2D eigenvalue weighted by atomic mass is 35.5. The molecule has 0 radical (unpaired) electrons. The van der Waals surface area contributed by atoms with E-state index in [1.54, 1.807) is 0 Å². The third-order valence-electron chi connectivity index (χ3n) is 2.10. The highest BCUT2D eigenvalue weighted by molar-refractivity contribution is 6.30. The second-order valence-corrected chi connectivity index (χ2v) is 3.17. The van der Waals surface area contributed by atoms with Crippen LogP contribution in [0.15, 0.2) is 0 Å². The topological polar surface area (TPSA) is 43.8 Å². The summed E-state index contributed by atoms with van der Waals surface area (Å²) in [5.74, 6) is 0.560. The van der Waals surface area contributed by atoms with E-state index in [0.717, 1.165) is 18.7 Å². The van der Waals surface area contributed by atoms with E-state index in [1.165, 1.54) is 12.8 Å². The molecule has 0 atom stereocenters. The van der Waals surface area contributed by atoms with Gasteiger partial charge in [-0.1, -0.05) is 11.6 Å². The molecular formula is C7H10ClN3. The van der Waals surface area contributed by atoms with Crippen LogP contribution >= 0.6 is 11.6 Å². The lowest BCUT2D eigenvalue weighted by molar-refractivity contribution is 0.538. The van der Waals surface area contributed by atoms with Gasteiger partial charge in [-0.3, -0.25) is 0 Å². The molecule has 1 aliphatic heterocycles. The predicted octanol–water partition coefficient (Wildman–Crippen LogP) is 1.45. The molecule has 1 aliphatic rings. The van der Waals surface area contributed by atoms with Crippen LogP contribution in [0, 0.1) is 0 Å². The van der Waals surface area contributed by atoms with Gasteiger partial charge in [-0.15, -0.1) is 0 Å². The first kappa shape index (κ1) is 6.98. The Bertz CT molecular complexity index is 253. The smallest absolute Gasteiger partial charge is 0.201 e. The Morgan fingerprint density at radius 1 is 1.45 bits per heavy atom. The van der Waals surface area contributed by atoms with Gasteiger partial charge in [0.15, 0.2) is 5.15 Å². The van der Waals surface area contributed by atoms with Crippen molar-refractivity contribution < 1.29 is 0 Å². The molecule has 3 nitrogen and oxygen atoms in total. The van der Waals surface area contributed by atoms with Crippen LogP contribution in [0.1, 0.15) is 18.5 Å². The van der Waals surface area contributed by atoms with Crippen molar-refractivity contribution in [1.29, 1.82) is 0 Å². The van der Waals surface area contributed by atoms with Gasteiger partial charge in [0, 0.05) is 6.54 Å². The second kappa shape index (κ2) is 2.41. The molecule has 0 aliphatic carbocycles. The number of anilines is 1. The average Bonchev–Trinajstić information content (AvgIpc) is 2.30. The van der Waals surface area contributed by atoms with Crippen molar-refractivity contribution in [3.05, 3.63) is 10.8 Å². The second-order valence-electron chi connectivity index (χ2n) is 2.82. The number of hydrogen-bond acceptors (Lipinski definition) is 2. The van der Waals surface area contributed by atoms with E-state index in [2.05, 4.69) is 4.98 Å². The average molecular weight is 172 g/mol. The summed E-state index contributed by atoms with van der Waals surface area (Å²) in [5.41, 5.74) is 6.74. The molecule has 11 heavy (non-hydrogen) atoms. The number of aromatic nitrogens is 2. The summed E-state index contributed by atoms with van der Waals surface area (Å²) < 4.78 is 2.01. The van der Waals surface area contributed by atoms with Crippen LogP contribution < -0.4 is 5.73 Å². The molecule has 0 aromatic carbocycles. The minimum Gasteiger partial charge on any atom is -0.369 e. The van der Waals surface area contributed by atoms with Crippen LogP contribution in [0.2, 0.25) is 5.15 Å². The van der Waals surface area contributed by atoms with E-state index in [1.807, 2.05) is 4.57 Å². The lowest BCUT2D eigenvalue weighted by Gasteiger charge is -2.14. The first-order valence-corrected chi connectivity index (χ1v) is 4.17. The number of nitrogens with zero attached hydrogens (tertiary/aromatic N) is 2. The first-order chi connectivity index (χ1) is 5.29. The quantitative estimate of drug-likeness (QED) is 0.642. The van der Waals surface area contributed by atoms with Crippen molar-refractivity contribution in [2.45, 2.75) is 25.8 Å². The van der Waals surface area contributed by atoms with Gasteiger partial charge < -0.3 is 10.3 Å².